The minimum atomic E-state index is -0.280. The van der Waals surface area contributed by atoms with Crippen molar-refractivity contribution in [2.75, 3.05) is 0 Å². The average molecular weight is 395 g/mol. The molecule has 7 nitrogen and oxygen atoms in total. The number of thiophene rings is 1. The summed E-state index contributed by atoms with van der Waals surface area (Å²) >= 11 is 1.24. The number of fused-ring (bicyclic) bond motifs is 2. The largest absolute Gasteiger partial charge is 0.341 e. The lowest BCUT2D eigenvalue weighted by Gasteiger charge is -2.20. The Bertz CT molecular complexity index is 1220. The Balaban J connectivity index is 1.71. The lowest BCUT2D eigenvalue weighted by atomic mass is 10.0. The molecule has 0 aliphatic heterocycles. The van der Waals surface area contributed by atoms with Crippen LogP contribution in [-0.4, -0.2) is 25.8 Å². The minimum Gasteiger partial charge on any atom is -0.341 e. The van der Waals surface area contributed by atoms with Gasteiger partial charge in [0.2, 0.25) is 0 Å². The molecule has 0 aliphatic carbocycles. The summed E-state index contributed by atoms with van der Waals surface area (Å²) in [5.74, 6) is 1.16. The second-order valence-corrected chi connectivity index (χ2v) is 8.22. The Morgan fingerprint density at radius 3 is 2.61 bits per heavy atom. The van der Waals surface area contributed by atoms with E-state index in [9.17, 15) is 9.59 Å². The Labute approximate surface area is 165 Å². The van der Waals surface area contributed by atoms with Crippen molar-refractivity contribution in [2.24, 2.45) is 5.92 Å². The highest BCUT2D eigenvalue weighted by Gasteiger charge is 2.25. The summed E-state index contributed by atoms with van der Waals surface area (Å²) in [4.78, 5) is 41.4. The first-order valence-electron chi connectivity index (χ1n) is 9.10. The van der Waals surface area contributed by atoms with Crippen LogP contribution >= 0.6 is 11.3 Å². The zero-order valence-electron chi connectivity index (χ0n) is 16.1. The van der Waals surface area contributed by atoms with Crippen LogP contribution < -0.4 is 10.9 Å². The summed E-state index contributed by atoms with van der Waals surface area (Å²) in [6.45, 7) is 7.58. The van der Waals surface area contributed by atoms with Crippen molar-refractivity contribution in [2.45, 2.75) is 33.7 Å². The Hall–Kier alpha value is -3.00. The topological polar surface area (TPSA) is 104 Å². The number of aromatic nitrogens is 4. The summed E-state index contributed by atoms with van der Waals surface area (Å²) in [6.07, 6.45) is 0. The standard InChI is InChI=1S/C20H21N5O2S/c1-9(2)15(17-23-12-7-5-6-8-13(12)24-17)25-19(27)16-10(3)14-18(26)21-11(4)22-20(14)28-16/h5-9,15H,1-4H3,(H,23,24)(H,25,27)(H,21,22,26)/t15-/m1/s1. The van der Waals surface area contributed by atoms with E-state index in [2.05, 4.69) is 25.3 Å². The minimum absolute atomic E-state index is 0.128. The highest BCUT2D eigenvalue weighted by atomic mass is 32.1. The molecule has 3 aromatic heterocycles. The number of amides is 1. The normalized spacial score (nSPS) is 12.8. The van der Waals surface area contributed by atoms with Crippen LogP contribution in [0.4, 0.5) is 0 Å². The molecule has 3 N–H and O–H groups in total. The highest BCUT2D eigenvalue weighted by Crippen LogP contribution is 2.29. The smallest absolute Gasteiger partial charge is 0.262 e. The molecule has 8 heteroatoms. The predicted molar refractivity (Wildman–Crippen MR) is 111 cm³/mol. The number of nitrogens with zero attached hydrogens (tertiary/aromatic N) is 2. The van der Waals surface area contributed by atoms with E-state index in [1.165, 1.54) is 11.3 Å². The Morgan fingerprint density at radius 1 is 1.14 bits per heavy atom. The third-order valence-electron chi connectivity index (χ3n) is 4.78. The van der Waals surface area contributed by atoms with Crippen LogP contribution in [0, 0.1) is 19.8 Å². The van der Waals surface area contributed by atoms with Gasteiger partial charge < -0.3 is 15.3 Å². The molecule has 1 amide bonds. The molecule has 4 aromatic rings. The third-order valence-corrected chi connectivity index (χ3v) is 5.97. The van der Waals surface area contributed by atoms with E-state index in [0.29, 0.717) is 26.5 Å². The summed E-state index contributed by atoms with van der Waals surface area (Å²) in [5, 5.41) is 3.56. The first-order valence-corrected chi connectivity index (χ1v) is 9.92. The predicted octanol–water partition coefficient (Wildman–Crippen LogP) is 3.60. The average Bonchev–Trinajstić information content (AvgIpc) is 3.20. The first kappa shape index (κ1) is 18.4. The number of carbonyl (C=O) groups is 1. The lowest BCUT2D eigenvalue weighted by molar-refractivity contribution is 0.0927. The van der Waals surface area contributed by atoms with Gasteiger partial charge in [0.05, 0.1) is 27.3 Å². The van der Waals surface area contributed by atoms with Gasteiger partial charge in [-0.25, -0.2) is 9.97 Å². The molecule has 0 saturated carbocycles. The molecule has 0 spiro atoms. The molecule has 144 valence electrons. The van der Waals surface area contributed by atoms with Crippen LogP contribution in [-0.2, 0) is 0 Å². The van der Waals surface area contributed by atoms with Gasteiger partial charge in [-0.3, -0.25) is 9.59 Å². The second kappa shape index (κ2) is 6.87. The molecule has 0 saturated heterocycles. The van der Waals surface area contributed by atoms with Crippen LogP contribution in [0.3, 0.4) is 0 Å². The van der Waals surface area contributed by atoms with Crippen molar-refractivity contribution in [3.05, 3.63) is 56.7 Å². The summed E-state index contributed by atoms with van der Waals surface area (Å²) in [6, 6.07) is 7.49. The van der Waals surface area contributed by atoms with Crippen molar-refractivity contribution < 1.29 is 4.79 Å². The number of H-pyrrole nitrogens is 2. The molecular formula is C20H21N5O2S. The van der Waals surface area contributed by atoms with E-state index in [0.717, 1.165) is 16.9 Å². The third kappa shape index (κ3) is 3.09. The molecular weight excluding hydrogens is 374 g/mol. The van der Waals surface area contributed by atoms with Crippen LogP contribution in [0.25, 0.3) is 21.3 Å². The first-order chi connectivity index (χ1) is 13.3. The molecule has 3 heterocycles. The second-order valence-electron chi connectivity index (χ2n) is 7.22. The number of carbonyl (C=O) groups excluding carboxylic acids is 1. The zero-order chi connectivity index (χ0) is 20.0. The number of benzene rings is 1. The maximum absolute atomic E-state index is 13.1. The summed E-state index contributed by atoms with van der Waals surface area (Å²) in [5.41, 5.74) is 2.23. The molecule has 1 atom stereocenters. The Morgan fingerprint density at radius 2 is 1.89 bits per heavy atom. The van der Waals surface area contributed by atoms with Gasteiger partial charge in [-0.05, 0) is 37.5 Å². The van der Waals surface area contributed by atoms with Gasteiger partial charge in [-0.15, -0.1) is 11.3 Å². The van der Waals surface area contributed by atoms with E-state index < -0.39 is 0 Å². The van der Waals surface area contributed by atoms with E-state index in [1.54, 1.807) is 13.8 Å². The van der Waals surface area contributed by atoms with Gasteiger partial charge in [0.15, 0.2) is 0 Å². The van der Waals surface area contributed by atoms with Gasteiger partial charge in [-0.2, -0.15) is 0 Å². The van der Waals surface area contributed by atoms with E-state index >= 15 is 0 Å². The summed E-state index contributed by atoms with van der Waals surface area (Å²) < 4.78 is 0. The fourth-order valence-corrected chi connectivity index (χ4v) is 4.48. The number of aromatic amines is 2. The van der Waals surface area contributed by atoms with Crippen LogP contribution in [0.5, 0.6) is 0 Å². The van der Waals surface area contributed by atoms with Gasteiger partial charge in [0, 0.05) is 0 Å². The molecule has 0 aliphatic rings. The maximum atomic E-state index is 13.1. The van der Waals surface area contributed by atoms with Crippen molar-refractivity contribution in [3.8, 4) is 0 Å². The van der Waals surface area contributed by atoms with Crippen LogP contribution in [0.15, 0.2) is 29.1 Å². The number of imidazole rings is 1. The monoisotopic (exact) mass is 395 g/mol. The van der Waals surface area contributed by atoms with E-state index in [-0.39, 0.29) is 23.4 Å². The van der Waals surface area contributed by atoms with Crippen molar-refractivity contribution in [3.63, 3.8) is 0 Å². The number of aryl methyl sites for hydroxylation is 2. The lowest BCUT2D eigenvalue weighted by Crippen LogP contribution is -2.32. The molecule has 1 aromatic carbocycles. The maximum Gasteiger partial charge on any atom is 0.262 e. The van der Waals surface area contributed by atoms with Gasteiger partial charge in [0.25, 0.3) is 11.5 Å². The van der Waals surface area contributed by atoms with Crippen LogP contribution in [0.2, 0.25) is 0 Å². The highest BCUT2D eigenvalue weighted by molar-refractivity contribution is 7.20. The molecule has 28 heavy (non-hydrogen) atoms. The van der Waals surface area contributed by atoms with E-state index in [4.69, 9.17) is 0 Å². The molecule has 4 rings (SSSR count). The van der Waals surface area contributed by atoms with E-state index in [1.807, 2.05) is 38.1 Å². The van der Waals surface area contributed by atoms with Gasteiger partial charge in [-0.1, -0.05) is 26.0 Å². The number of hydrogen-bond acceptors (Lipinski definition) is 5. The fraction of sp³-hybridized carbons (Fsp3) is 0.300. The summed E-state index contributed by atoms with van der Waals surface area (Å²) in [7, 11) is 0. The van der Waals surface area contributed by atoms with Crippen LogP contribution in [0.1, 0.15) is 46.8 Å². The number of nitrogens with one attached hydrogen (secondary N) is 3. The molecule has 0 unspecified atom stereocenters. The fourth-order valence-electron chi connectivity index (χ4n) is 3.35. The zero-order valence-corrected chi connectivity index (χ0v) is 16.9. The van der Waals surface area contributed by atoms with Crippen molar-refractivity contribution in [1.29, 1.82) is 0 Å². The number of rotatable bonds is 4. The van der Waals surface area contributed by atoms with Gasteiger partial charge >= 0.3 is 0 Å². The number of hydrogen-bond donors (Lipinski definition) is 3. The molecule has 0 fully saturated rings. The number of para-hydroxylation sites is 2. The SMILES string of the molecule is Cc1nc2sc(C(=O)N[C@@H](c3nc4ccccc4[nH]3)C(C)C)c(C)c2c(=O)[nH]1. The van der Waals surface area contributed by atoms with Crippen molar-refractivity contribution in [1.82, 2.24) is 25.3 Å². The molecule has 0 radical (unpaired) electrons. The Kier molecular flexibility index (Phi) is 4.50. The quantitative estimate of drug-likeness (QED) is 0.491. The van der Waals surface area contributed by atoms with Crippen molar-refractivity contribution >= 4 is 38.5 Å². The van der Waals surface area contributed by atoms with Gasteiger partial charge in [0.1, 0.15) is 16.5 Å². The molecule has 0 bridgehead atoms.